The molecule has 0 unspecified atom stereocenters. The smallest absolute Gasteiger partial charge is 0.252 e. The van der Waals surface area contributed by atoms with Crippen LogP contribution in [0.1, 0.15) is 31.8 Å². The molecule has 10 nitrogen and oxygen atoms in total. The number of benzene rings is 5. The standard InChI is InChI=1S/C44H38N4O6/c1-51-39-19-17-29(21-41(39)53-3)37-23-33(31-9-5-7-11-35(31)47-37)43(49)45-25-27-13-15-28(16-14-27)26-46-44(50)34-24-38(48-36-12-8-6-10-32(34)36)30-18-20-40(52-2)42(22-30)54-4/h5-24H,25-26H2,1-4H3,(H,45,49)(H,46,50). The Morgan fingerprint density at radius 1 is 0.481 bits per heavy atom. The third-order valence-electron chi connectivity index (χ3n) is 9.21. The predicted molar refractivity (Wildman–Crippen MR) is 209 cm³/mol. The molecule has 2 heterocycles. The summed E-state index contributed by atoms with van der Waals surface area (Å²) < 4.78 is 21.8. The molecule has 2 aromatic heterocycles. The van der Waals surface area contributed by atoms with Crippen LogP contribution in [0.15, 0.2) is 121 Å². The van der Waals surface area contributed by atoms with Gasteiger partial charge in [0.15, 0.2) is 23.0 Å². The summed E-state index contributed by atoms with van der Waals surface area (Å²) >= 11 is 0. The molecule has 0 aliphatic rings. The highest BCUT2D eigenvalue weighted by Crippen LogP contribution is 2.34. The van der Waals surface area contributed by atoms with Crippen LogP contribution in [0.4, 0.5) is 0 Å². The van der Waals surface area contributed by atoms with Crippen LogP contribution in [0, 0.1) is 0 Å². The molecule has 0 aliphatic heterocycles. The maximum atomic E-state index is 13.6. The number of para-hydroxylation sites is 2. The van der Waals surface area contributed by atoms with E-state index in [1.54, 1.807) is 40.6 Å². The summed E-state index contributed by atoms with van der Waals surface area (Å²) in [6, 6.07) is 37.6. The summed E-state index contributed by atoms with van der Waals surface area (Å²) in [7, 11) is 6.34. The Labute approximate surface area is 312 Å². The molecule has 2 amide bonds. The van der Waals surface area contributed by atoms with Crippen molar-refractivity contribution in [2.75, 3.05) is 28.4 Å². The lowest BCUT2D eigenvalue weighted by atomic mass is 10.0. The van der Waals surface area contributed by atoms with Crippen LogP contribution in [0.5, 0.6) is 23.0 Å². The zero-order valence-corrected chi connectivity index (χ0v) is 30.3. The third kappa shape index (κ3) is 7.35. The fourth-order valence-electron chi connectivity index (χ4n) is 6.34. The summed E-state index contributed by atoms with van der Waals surface area (Å²) in [6.45, 7) is 0.630. The Balaban J connectivity index is 1.04. The van der Waals surface area contributed by atoms with E-state index in [2.05, 4.69) is 10.6 Å². The van der Waals surface area contributed by atoms with Crippen LogP contribution >= 0.6 is 0 Å². The zero-order chi connectivity index (χ0) is 37.6. The summed E-state index contributed by atoms with van der Waals surface area (Å²) in [5.74, 6) is 1.93. The molecule has 10 heteroatoms. The van der Waals surface area contributed by atoms with Gasteiger partial charge in [-0.1, -0.05) is 60.7 Å². The van der Waals surface area contributed by atoms with Crippen molar-refractivity contribution in [2.45, 2.75) is 13.1 Å². The minimum Gasteiger partial charge on any atom is -0.493 e. The van der Waals surface area contributed by atoms with E-state index in [0.29, 0.717) is 69.6 Å². The Morgan fingerprint density at radius 3 is 1.26 bits per heavy atom. The van der Waals surface area contributed by atoms with E-state index in [4.69, 9.17) is 28.9 Å². The first-order chi connectivity index (χ1) is 26.4. The van der Waals surface area contributed by atoms with Crippen molar-refractivity contribution in [3.05, 3.63) is 144 Å². The number of rotatable bonds is 12. The summed E-state index contributed by atoms with van der Waals surface area (Å²) in [5.41, 5.74) is 7.15. The monoisotopic (exact) mass is 718 g/mol. The van der Waals surface area contributed by atoms with Crippen LogP contribution < -0.4 is 29.6 Å². The van der Waals surface area contributed by atoms with Crippen molar-refractivity contribution < 1.29 is 28.5 Å². The molecule has 2 N–H and O–H groups in total. The van der Waals surface area contributed by atoms with Gasteiger partial charge in [0.2, 0.25) is 0 Å². The molecule has 5 aromatic carbocycles. The molecule has 0 bridgehead atoms. The first-order valence-electron chi connectivity index (χ1n) is 17.3. The summed E-state index contributed by atoms with van der Waals surface area (Å²) in [5, 5.41) is 7.64. The molecular formula is C44H38N4O6. The fourth-order valence-corrected chi connectivity index (χ4v) is 6.34. The number of ether oxygens (including phenoxy) is 4. The number of hydrogen-bond acceptors (Lipinski definition) is 8. The van der Waals surface area contributed by atoms with Crippen LogP contribution in [-0.4, -0.2) is 50.2 Å². The number of fused-ring (bicyclic) bond motifs is 2. The van der Waals surface area contributed by atoms with Crippen LogP contribution in [0.2, 0.25) is 0 Å². The minimum absolute atomic E-state index is 0.219. The number of nitrogens with one attached hydrogen (secondary N) is 2. The molecular weight excluding hydrogens is 681 g/mol. The highest BCUT2D eigenvalue weighted by atomic mass is 16.5. The second-order valence-corrected chi connectivity index (χ2v) is 12.5. The highest BCUT2D eigenvalue weighted by Gasteiger charge is 2.17. The Kier molecular flexibility index (Phi) is 10.3. The molecule has 0 fully saturated rings. The van der Waals surface area contributed by atoms with Crippen molar-refractivity contribution in [2.24, 2.45) is 0 Å². The molecule has 0 saturated carbocycles. The average molecular weight is 719 g/mol. The second kappa shape index (κ2) is 15.7. The number of hydrogen-bond donors (Lipinski definition) is 2. The summed E-state index contributed by atoms with van der Waals surface area (Å²) in [4.78, 5) is 36.9. The van der Waals surface area contributed by atoms with Crippen LogP contribution in [0.25, 0.3) is 44.3 Å². The first kappa shape index (κ1) is 35.5. The number of aromatic nitrogens is 2. The van der Waals surface area contributed by atoms with Gasteiger partial charge in [0.25, 0.3) is 11.8 Å². The molecule has 7 rings (SSSR count). The van der Waals surface area contributed by atoms with Gasteiger partial charge < -0.3 is 29.6 Å². The Bertz CT molecular complexity index is 2330. The van der Waals surface area contributed by atoms with Crippen molar-refractivity contribution in [1.82, 2.24) is 20.6 Å². The van der Waals surface area contributed by atoms with Gasteiger partial charge in [0.05, 0.1) is 62.0 Å². The van der Waals surface area contributed by atoms with E-state index in [1.807, 2.05) is 109 Å². The number of carbonyl (C=O) groups is 2. The molecule has 0 aliphatic carbocycles. The van der Waals surface area contributed by atoms with Gasteiger partial charge in [-0.2, -0.15) is 0 Å². The molecule has 0 atom stereocenters. The van der Waals surface area contributed by atoms with Gasteiger partial charge in [-0.15, -0.1) is 0 Å². The van der Waals surface area contributed by atoms with Crippen LogP contribution in [-0.2, 0) is 13.1 Å². The maximum Gasteiger partial charge on any atom is 0.252 e. The van der Waals surface area contributed by atoms with E-state index in [9.17, 15) is 9.59 Å². The number of pyridine rings is 2. The average Bonchev–Trinajstić information content (AvgIpc) is 3.23. The van der Waals surface area contributed by atoms with Crippen LogP contribution in [0.3, 0.4) is 0 Å². The molecule has 0 saturated heterocycles. The van der Waals surface area contributed by atoms with Gasteiger partial charge in [-0.25, -0.2) is 9.97 Å². The quantitative estimate of drug-likeness (QED) is 0.130. The lowest BCUT2D eigenvalue weighted by Crippen LogP contribution is -2.24. The molecule has 0 radical (unpaired) electrons. The van der Waals surface area contributed by atoms with E-state index in [-0.39, 0.29) is 11.8 Å². The van der Waals surface area contributed by atoms with Crippen molar-refractivity contribution >= 4 is 33.6 Å². The number of amides is 2. The van der Waals surface area contributed by atoms with Gasteiger partial charge in [-0.3, -0.25) is 9.59 Å². The summed E-state index contributed by atoms with van der Waals surface area (Å²) in [6.07, 6.45) is 0. The van der Waals surface area contributed by atoms with Gasteiger partial charge >= 0.3 is 0 Å². The van der Waals surface area contributed by atoms with Gasteiger partial charge in [-0.05, 0) is 71.8 Å². The molecule has 7 aromatic rings. The fraction of sp³-hybridized carbons (Fsp3) is 0.136. The molecule has 270 valence electrons. The largest absolute Gasteiger partial charge is 0.493 e. The predicted octanol–water partition coefficient (Wildman–Crippen LogP) is 8.01. The normalized spacial score (nSPS) is 10.9. The maximum absolute atomic E-state index is 13.6. The second-order valence-electron chi connectivity index (χ2n) is 12.5. The van der Waals surface area contributed by atoms with Crippen molar-refractivity contribution in [1.29, 1.82) is 0 Å². The Hall–Kier alpha value is -6.94. The SMILES string of the molecule is COc1ccc(-c2cc(C(=O)NCc3ccc(CNC(=O)c4cc(-c5ccc(OC)c(OC)c5)nc5ccccc45)cc3)c3ccccc3n2)cc1OC. The van der Waals surface area contributed by atoms with E-state index >= 15 is 0 Å². The van der Waals surface area contributed by atoms with Crippen molar-refractivity contribution in [3.63, 3.8) is 0 Å². The van der Waals surface area contributed by atoms with E-state index in [0.717, 1.165) is 33.0 Å². The molecule has 54 heavy (non-hydrogen) atoms. The highest BCUT2D eigenvalue weighted by molar-refractivity contribution is 6.08. The lowest BCUT2D eigenvalue weighted by molar-refractivity contribution is 0.0944. The number of carbonyl (C=O) groups excluding carboxylic acids is 2. The first-order valence-corrected chi connectivity index (χ1v) is 17.3. The number of methoxy groups -OCH3 is 4. The Morgan fingerprint density at radius 2 is 0.870 bits per heavy atom. The topological polar surface area (TPSA) is 121 Å². The van der Waals surface area contributed by atoms with Crippen molar-refractivity contribution in [3.8, 4) is 45.5 Å². The van der Waals surface area contributed by atoms with Gasteiger partial charge in [0.1, 0.15) is 0 Å². The third-order valence-corrected chi connectivity index (χ3v) is 9.21. The molecule has 0 spiro atoms. The van der Waals surface area contributed by atoms with E-state index in [1.165, 1.54) is 0 Å². The lowest BCUT2D eigenvalue weighted by Gasteiger charge is -2.13. The minimum atomic E-state index is -0.219. The van der Waals surface area contributed by atoms with Gasteiger partial charge in [0, 0.05) is 35.0 Å². The van der Waals surface area contributed by atoms with E-state index < -0.39 is 0 Å². The zero-order valence-electron chi connectivity index (χ0n) is 30.3. The number of nitrogens with zero attached hydrogens (tertiary/aromatic N) is 2.